The van der Waals surface area contributed by atoms with Crippen LogP contribution in [0.4, 0.5) is 5.82 Å². The SMILES string of the molecule is Cc1cc(NC(=O)CN2CC3CCC(N)C3C2)no1.Cl. The maximum Gasteiger partial charge on any atom is 0.239 e. The zero-order chi connectivity index (χ0) is 13.4. The number of rotatable bonds is 3. The van der Waals surface area contributed by atoms with Crippen LogP contribution in [-0.4, -0.2) is 41.6 Å². The molecule has 3 unspecified atom stereocenters. The van der Waals surface area contributed by atoms with Crippen LogP contribution in [0, 0.1) is 18.8 Å². The second kappa shape index (κ2) is 6.11. The first kappa shape index (κ1) is 15.3. The van der Waals surface area contributed by atoms with Crippen LogP contribution in [-0.2, 0) is 4.79 Å². The third-order valence-electron chi connectivity index (χ3n) is 4.25. The molecule has 1 saturated heterocycles. The number of aromatic nitrogens is 1. The van der Waals surface area contributed by atoms with E-state index in [1.807, 2.05) is 0 Å². The Morgan fingerprint density at radius 1 is 1.55 bits per heavy atom. The van der Waals surface area contributed by atoms with Crippen molar-refractivity contribution in [3.05, 3.63) is 11.8 Å². The van der Waals surface area contributed by atoms with Gasteiger partial charge < -0.3 is 15.6 Å². The van der Waals surface area contributed by atoms with Crippen LogP contribution in [0.15, 0.2) is 10.6 Å². The minimum atomic E-state index is -0.0400. The van der Waals surface area contributed by atoms with E-state index < -0.39 is 0 Å². The lowest BCUT2D eigenvalue weighted by Gasteiger charge is -2.17. The molecule has 20 heavy (non-hydrogen) atoms. The first-order valence-corrected chi connectivity index (χ1v) is 6.83. The minimum absolute atomic E-state index is 0. The molecule has 112 valence electrons. The number of hydrogen-bond acceptors (Lipinski definition) is 5. The molecule has 2 heterocycles. The maximum absolute atomic E-state index is 11.9. The Hall–Kier alpha value is -1.11. The van der Waals surface area contributed by atoms with Crippen LogP contribution in [0.3, 0.4) is 0 Å². The summed E-state index contributed by atoms with van der Waals surface area (Å²) in [5, 5.41) is 6.50. The molecule has 3 rings (SSSR count). The zero-order valence-corrected chi connectivity index (χ0v) is 12.4. The Morgan fingerprint density at radius 2 is 2.35 bits per heavy atom. The van der Waals surface area contributed by atoms with E-state index in [0.29, 0.717) is 36.0 Å². The van der Waals surface area contributed by atoms with Gasteiger partial charge in [0.2, 0.25) is 5.91 Å². The van der Waals surface area contributed by atoms with Gasteiger partial charge in [0.25, 0.3) is 0 Å². The van der Waals surface area contributed by atoms with Crippen molar-refractivity contribution < 1.29 is 9.32 Å². The summed E-state index contributed by atoms with van der Waals surface area (Å²) in [7, 11) is 0. The summed E-state index contributed by atoms with van der Waals surface area (Å²) >= 11 is 0. The topological polar surface area (TPSA) is 84.4 Å². The number of carbonyl (C=O) groups is 1. The molecule has 1 aliphatic heterocycles. The second-order valence-corrected chi connectivity index (χ2v) is 5.73. The van der Waals surface area contributed by atoms with Gasteiger partial charge in [-0.15, -0.1) is 12.4 Å². The average molecular weight is 301 g/mol. The third kappa shape index (κ3) is 3.13. The van der Waals surface area contributed by atoms with Crippen molar-refractivity contribution in [2.24, 2.45) is 17.6 Å². The van der Waals surface area contributed by atoms with Crippen molar-refractivity contribution in [1.82, 2.24) is 10.1 Å². The van der Waals surface area contributed by atoms with Gasteiger partial charge in [0.1, 0.15) is 5.76 Å². The quantitative estimate of drug-likeness (QED) is 0.870. The average Bonchev–Trinajstić information content (AvgIpc) is 2.99. The van der Waals surface area contributed by atoms with Gasteiger partial charge in [0.15, 0.2) is 5.82 Å². The third-order valence-corrected chi connectivity index (χ3v) is 4.25. The summed E-state index contributed by atoms with van der Waals surface area (Å²) in [5.74, 6) is 2.39. The molecular weight excluding hydrogens is 280 g/mol. The van der Waals surface area contributed by atoms with E-state index in [2.05, 4.69) is 15.4 Å². The van der Waals surface area contributed by atoms with Crippen LogP contribution >= 0.6 is 12.4 Å². The van der Waals surface area contributed by atoms with Crippen molar-refractivity contribution >= 4 is 24.1 Å². The fourth-order valence-corrected chi connectivity index (χ4v) is 3.34. The molecule has 6 nitrogen and oxygen atoms in total. The van der Waals surface area contributed by atoms with E-state index in [4.69, 9.17) is 10.3 Å². The van der Waals surface area contributed by atoms with Crippen LogP contribution in [0.1, 0.15) is 18.6 Å². The molecule has 7 heteroatoms. The molecule has 1 aliphatic carbocycles. The van der Waals surface area contributed by atoms with E-state index in [9.17, 15) is 4.79 Å². The second-order valence-electron chi connectivity index (χ2n) is 5.73. The maximum atomic E-state index is 11.9. The fraction of sp³-hybridized carbons (Fsp3) is 0.692. The van der Waals surface area contributed by atoms with Gasteiger partial charge in [-0.25, -0.2) is 0 Å². The molecule has 1 saturated carbocycles. The van der Waals surface area contributed by atoms with Crippen molar-refractivity contribution in [2.45, 2.75) is 25.8 Å². The number of nitrogens with one attached hydrogen (secondary N) is 1. The lowest BCUT2D eigenvalue weighted by Crippen LogP contribution is -2.34. The number of carbonyl (C=O) groups excluding carboxylic acids is 1. The molecule has 2 fully saturated rings. The van der Waals surface area contributed by atoms with E-state index in [1.165, 1.54) is 6.42 Å². The van der Waals surface area contributed by atoms with Crippen LogP contribution in [0.25, 0.3) is 0 Å². The largest absolute Gasteiger partial charge is 0.360 e. The van der Waals surface area contributed by atoms with Gasteiger partial charge in [-0.1, -0.05) is 5.16 Å². The minimum Gasteiger partial charge on any atom is -0.360 e. The Kier molecular flexibility index (Phi) is 4.67. The normalized spacial score (nSPS) is 29.0. The van der Waals surface area contributed by atoms with Gasteiger partial charge in [-0.3, -0.25) is 9.69 Å². The van der Waals surface area contributed by atoms with E-state index in [0.717, 1.165) is 19.5 Å². The highest BCUT2D eigenvalue weighted by Gasteiger charge is 2.41. The van der Waals surface area contributed by atoms with Gasteiger partial charge in [-0.05, 0) is 31.6 Å². The van der Waals surface area contributed by atoms with E-state index in [-0.39, 0.29) is 18.3 Å². The molecule has 0 spiro atoms. The van der Waals surface area contributed by atoms with Gasteiger partial charge in [0, 0.05) is 25.2 Å². The number of likely N-dealkylation sites (tertiary alicyclic amines) is 1. The molecule has 3 N–H and O–H groups in total. The summed E-state index contributed by atoms with van der Waals surface area (Å²) in [6.07, 6.45) is 2.33. The van der Waals surface area contributed by atoms with Gasteiger partial charge >= 0.3 is 0 Å². The van der Waals surface area contributed by atoms with Gasteiger partial charge in [0.05, 0.1) is 6.54 Å². The summed E-state index contributed by atoms with van der Waals surface area (Å²) in [6, 6.07) is 2.03. The summed E-state index contributed by atoms with van der Waals surface area (Å²) in [6.45, 7) is 4.14. The number of hydrogen-bond donors (Lipinski definition) is 2. The molecule has 1 aromatic heterocycles. The lowest BCUT2D eigenvalue weighted by atomic mass is 9.98. The number of aryl methyl sites for hydroxylation is 1. The number of halogens is 1. The summed E-state index contributed by atoms with van der Waals surface area (Å²) in [5.41, 5.74) is 6.09. The standard InChI is InChI=1S/C13H20N4O2.ClH/c1-8-4-12(16-19-8)15-13(18)7-17-5-9-2-3-11(14)10(9)6-17;/h4,9-11H,2-3,5-7,14H2,1H3,(H,15,16,18);1H. The van der Waals surface area contributed by atoms with E-state index in [1.54, 1.807) is 13.0 Å². The highest BCUT2D eigenvalue weighted by Crippen LogP contribution is 2.36. The Labute approximate surface area is 124 Å². The summed E-state index contributed by atoms with van der Waals surface area (Å²) < 4.78 is 4.92. The number of fused-ring (bicyclic) bond motifs is 1. The van der Waals surface area contributed by atoms with Crippen LogP contribution in [0.2, 0.25) is 0 Å². The van der Waals surface area contributed by atoms with Crippen LogP contribution in [0.5, 0.6) is 0 Å². The number of nitrogens with zero attached hydrogens (tertiary/aromatic N) is 2. The van der Waals surface area contributed by atoms with Crippen molar-refractivity contribution in [3.63, 3.8) is 0 Å². The number of amides is 1. The monoisotopic (exact) mass is 300 g/mol. The summed E-state index contributed by atoms with van der Waals surface area (Å²) in [4.78, 5) is 14.1. The van der Waals surface area contributed by atoms with Crippen molar-refractivity contribution in [1.29, 1.82) is 0 Å². The highest BCUT2D eigenvalue weighted by molar-refractivity contribution is 5.91. The molecule has 3 atom stereocenters. The molecule has 0 aromatic carbocycles. The molecule has 2 aliphatic rings. The Morgan fingerprint density at radius 3 is 3.00 bits per heavy atom. The molecule has 1 amide bonds. The smallest absolute Gasteiger partial charge is 0.239 e. The van der Waals surface area contributed by atoms with Crippen LogP contribution < -0.4 is 11.1 Å². The highest BCUT2D eigenvalue weighted by atomic mass is 35.5. The molecule has 0 radical (unpaired) electrons. The predicted octanol–water partition coefficient (Wildman–Crippen LogP) is 1.01. The Balaban J connectivity index is 0.00000147. The number of nitrogens with two attached hydrogens (primary N) is 1. The van der Waals surface area contributed by atoms with Crippen molar-refractivity contribution in [3.8, 4) is 0 Å². The van der Waals surface area contributed by atoms with E-state index >= 15 is 0 Å². The van der Waals surface area contributed by atoms with Gasteiger partial charge in [-0.2, -0.15) is 0 Å². The first-order valence-electron chi connectivity index (χ1n) is 6.83. The molecule has 0 bridgehead atoms. The fourth-order valence-electron chi connectivity index (χ4n) is 3.34. The Bertz CT molecular complexity index is 479. The van der Waals surface area contributed by atoms with Crippen molar-refractivity contribution in [2.75, 3.05) is 25.0 Å². The first-order chi connectivity index (χ1) is 9.11. The predicted molar refractivity (Wildman–Crippen MR) is 77.7 cm³/mol. The zero-order valence-electron chi connectivity index (χ0n) is 11.5. The lowest BCUT2D eigenvalue weighted by molar-refractivity contribution is -0.117. The molecule has 1 aromatic rings. The molecular formula is C13H21ClN4O2. The number of anilines is 1.